The van der Waals surface area contributed by atoms with Crippen LogP contribution in [0.1, 0.15) is 32.6 Å². The monoisotopic (exact) mass is 289 g/mol. The van der Waals surface area contributed by atoms with Crippen LogP contribution >= 0.6 is 12.4 Å². The number of hydrogen-bond acceptors (Lipinski definition) is 3. The molecule has 1 atom stereocenters. The van der Waals surface area contributed by atoms with E-state index in [1.165, 1.54) is 6.42 Å². The van der Waals surface area contributed by atoms with Gasteiger partial charge in [0.15, 0.2) is 0 Å². The lowest BCUT2D eigenvalue weighted by molar-refractivity contribution is -0.133. The van der Waals surface area contributed by atoms with Crippen molar-refractivity contribution in [3.63, 3.8) is 0 Å². The average Bonchev–Trinajstić information content (AvgIpc) is 2.70. The minimum atomic E-state index is 0. The molecule has 1 N–H and O–H groups in total. The summed E-state index contributed by atoms with van der Waals surface area (Å²) < 4.78 is 0. The first-order valence-electron chi connectivity index (χ1n) is 6.93. The Balaban J connectivity index is 0.00000180. The lowest BCUT2D eigenvalue weighted by Crippen LogP contribution is -2.39. The third kappa shape index (κ3) is 4.66. The zero-order chi connectivity index (χ0) is 13.0. The van der Waals surface area contributed by atoms with Gasteiger partial charge in [-0.15, -0.1) is 12.4 Å². The summed E-state index contributed by atoms with van der Waals surface area (Å²) in [7, 11) is 0. The standard InChI is InChI=1S/C13H23N3O2.ClH/c1-11(17)15-6-3-7-16(9-8-15)13(18)10-12-4-2-5-14-12;/h12,14H,2-10H2,1H3;1H. The summed E-state index contributed by atoms with van der Waals surface area (Å²) in [6.45, 7) is 5.57. The van der Waals surface area contributed by atoms with Gasteiger partial charge < -0.3 is 15.1 Å². The van der Waals surface area contributed by atoms with E-state index in [2.05, 4.69) is 5.32 Å². The highest BCUT2D eigenvalue weighted by Gasteiger charge is 2.24. The molecule has 2 amide bonds. The van der Waals surface area contributed by atoms with Gasteiger partial charge in [-0.1, -0.05) is 0 Å². The summed E-state index contributed by atoms with van der Waals surface area (Å²) in [5, 5.41) is 3.36. The van der Waals surface area contributed by atoms with Crippen molar-refractivity contribution in [3.8, 4) is 0 Å². The quantitative estimate of drug-likeness (QED) is 0.811. The van der Waals surface area contributed by atoms with Crippen molar-refractivity contribution in [2.24, 2.45) is 0 Å². The molecular formula is C13H24ClN3O2. The molecule has 0 aromatic rings. The van der Waals surface area contributed by atoms with Crippen LogP contribution in [0, 0.1) is 0 Å². The Kier molecular flexibility index (Phi) is 6.58. The van der Waals surface area contributed by atoms with Crippen LogP contribution in [0.15, 0.2) is 0 Å². The SMILES string of the molecule is CC(=O)N1CCCN(C(=O)CC2CCCN2)CC1.Cl. The minimum Gasteiger partial charge on any atom is -0.341 e. The maximum absolute atomic E-state index is 12.2. The van der Waals surface area contributed by atoms with Gasteiger partial charge in [0.1, 0.15) is 0 Å². The molecule has 2 aliphatic rings. The van der Waals surface area contributed by atoms with Crippen LogP contribution in [-0.2, 0) is 9.59 Å². The van der Waals surface area contributed by atoms with Gasteiger partial charge in [-0.3, -0.25) is 9.59 Å². The molecule has 0 spiro atoms. The third-order valence-electron chi connectivity index (χ3n) is 3.88. The Morgan fingerprint density at radius 1 is 1.11 bits per heavy atom. The molecule has 2 fully saturated rings. The highest BCUT2D eigenvalue weighted by molar-refractivity contribution is 5.85. The molecule has 0 aromatic heterocycles. The number of nitrogens with zero attached hydrogens (tertiary/aromatic N) is 2. The lowest BCUT2D eigenvalue weighted by atomic mass is 10.1. The summed E-state index contributed by atoms with van der Waals surface area (Å²) in [6.07, 6.45) is 3.79. The van der Waals surface area contributed by atoms with Gasteiger partial charge in [-0.2, -0.15) is 0 Å². The maximum Gasteiger partial charge on any atom is 0.224 e. The predicted octanol–water partition coefficient (Wildman–Crippen LogP) is 0.631. The molecule has 110 valence electrons. The van der Waals surface area contributed by atoms with Crippen LogP contribution in [0.2, 0.25) is 0 Å². The molecule has 2 rings (SSSR count). The van der Waals surface area contributed by atoms with Gasteiger partial charge in [0.25, 0.3) is 0 Å². The topological polar surface area (TPSA) is 52.7 Å². The Morgan fingerprint density at radius 3 is 2.42 bits per heavy atom. The Bertz CT molecular complexity index is 319. The molecule has 0 aromatic carbocycles. The number of amides is 2. The molecule has 19 heavy (non-hydrogen) atoms. The van der Waals surface area contributed by atoms with Crippen molar-refractivity contribution in [1.82, 2.24) is 15.1 Å². The molecule has 6 heteroatoms. The van der Waals surface area contributed by atoms with Crippen molar-refractivity contribution < 1.29 is 9.59 Å². The van der Waals surface area contributed by atoms with E-state index >= 15 is 0 Å². The number of hydrogen-bond donors (Lipinski definition) is 1. The second kappa shape index (κ2) is 7.70. The highest BCUT2D eigenvalue weighted by atomic mass is 35.5. The van der Waals surface area contributed by atoms with E-state index in [4.69, 9.17) is 0 Å². The number of rotatable bonds is 2. The van der Waals surface area contributed by atoms with Gasteiger partial charge >= 0.3 is 0 Å². The Hall–Kier alpha value is -0.810. The van der Waals surface area contributed by atoms with Crippen LogP contribution in [0.4, 0.5) is 0 Å². The molecule has 0 saturated carbocycles. The fourth-order valence-electron chi connectivity index (χ4n) is 2.75. The largest absolute Gasteiger partial charge is 0.341 e. The second-order valence-electron chi connectivity index (χ2n) is 5.24. The lowest BCUT2D eigenvalue weighted by Gasteiger charge is -2.22. The molecule has 2 saturated heterocycles. The summed E-state index contributed by atoms with van der Waals surface area (Å²) in [5.74, 6) is 0.349. The number of halogens is 1. The summed E-state index contributed by atoms with van der Waals surface area (Å²) in [5.41, 5.74) is 0. The van der Waals surface area contributed by atoms with E-state index in [-0.39, 0.29) is 24.2 Å². The van der Waals surface area contributed by atoms with E-state index in [0.717, 1.165) is 32.5 Å². The number of nitrogens with one attached hydrogen (secondary N) is 1. The molecular weight excluding hydrogens is 266 g/mol. The molecule has 1 unspecified atom stereocenters. The van der Waals surface area contributed by atoms with Gasteiger partial charge in [-0.25, -0.2) is 0 Å². The number of carbonyl (C=O) groups is 2. The zero-order valence-electron chi connectivity index (χ0n) is 11.6. The van der Waals surface area contributed by atoms with Crippen molar-refractivity contribution in [2.75, 3.05) is 32.7 Å². The van der Waals surface area contributed by atoms with E-state index < -0.39 is 0 Å². The van der Waals surface area contributed by atoms with E-state index in [9.17, 15) is 9.59 Å². The van der Waals surface area contributed by atoms with Gasteiger partial charge in [0.2, 0.25) is 11.8 Å². The van der Waals surface area contributed by atoms with E-state index in [1.807, 2.05) is 9.80 Å². The van der Waals surface area contributed by atoms with Crippen LogP contribution in [-0.4, -0.2) is 60.4 Å². The fourth-order valence-corrected chi connectivity index (χ4v) is 2.75. The van der Waals surface area contributed by atoms with Crippen LogP contribution in [0.25, 0.3) is 0 Å². The smallest absolute Gasteiger partial charge is 0.224 e. The first-order valence-corrected chi connectivity index (χ1v) is 6.93. The van der Waals surface area contributed by atoms with Gasteiger partial charge in [0.05, 0.1) is 0 Å². The summed E-state index contributed by atoms with van der Waals surface area (Å²) in [4.78, 5) is 27.2. The van der Waals surface area contributed by atoms with Crippen molar-refractivity contribution in [1.29, 1.82) is 0 Å². The zero-order valence-corrected chi connectivity index (χ0v) is 12.4. The normalized spacial score (nSPS) is 23.7. The van der Waals surface area contributed by atoms with Crippen molar-refractivity contribution >= 4 is 24.2 Å². The second-order valence-corrected chi connectivity index (χ2v) is 5.24. The predicted molar refractivity (Wildman–Crippen MR) is 76.3 cm³/mol. The van der Waals surface area contributed by atoms with Crippen LogP contribution in [0.3, 0.4) is 0 Å². The highest BCUT2D eigenvalue weighted by Crippen LogP contribution is 2.12. The number of carbonyl (C=O) groups excluding carboxylic acids is 2. The molecule has 2 aliphatic heterocycles. The van der Waals surface area contributed by atoms with Crippen molar-refractivity contribution in [3.05, 3.63) is 0 Å². The molecule has 0 radical (unpaired) electrons. The molecule has 0 bridgehead atoms. The summed E-state index contributed by atoms with van der Waals surface area (Å²) >= 11 is 0. The fraction of sp³-hybridized carbons (Fsp3) is 0.846. The molecule has 0 aliphatic carbocycles. The van der Waals surface area contributed by atoms with Crippen LogP contribution < -0.4 is 5.32 Å². The summed E-state index contributed by atoms with van der Waals surface area (Å²) in [6, 6.07) is 0.365. The Morgan fingerprint density at radius 2 is 1.79 bits per heavy atom. The van der Waals surface area contributed by atoms with E-state index in [1.54, 1.807) is 6.92 Å². The molecule has 5 nitrogen and oxygen atoms in total. The van der Waals surface area contributed by atoms with E-state index in [0.29, 0.717) is 25.6 Å². The first-order chi connectivity index (χ1) is 8.66. The Labute approximate surface area is 121 Å². The minimum absolute atomic E-state index is 0. The first kappa shape index (κ1) is 16.2. The molecule has 2 heterocycles. The van der Waals surface area contributed by atoms with Gasteiger partial charge in [-0.05, 0) is 25.8 Å². The van der Waals surface area contributed by atoms with Crippen LogP contribution in [0.5, 0.6) is 0 Å². The third-order valence-corrected chi connectivity index (χ3v) is 3.88. The maximum atomic E-state index is 12.2. The average molecular weight is 290 g/mol. The van der Waals surface area contributed by atoms with Gasteiger partial charge in [0, 0.05) is 45.6 Å². The van der Waals surface area contributed by atoms with Crippen molar-refractivity contribution in [2.45, 2.75) is 38.6 Å².